The fraction of sp³-hybridized carbons (Fsp3) is 0.500. The van der Waals surface area contributed by atoms with Crippen molar-refractivity contribution in [1.82, 2.24) is 0 Å². The number of carboxylic acids is 2. The summed E-state index contributed by atoms with van der Waals surface area (Å²) in [4.78, 5) is 20.9. The van der Waals surface area contributed by atoms with Crippen LogP contribution in [0, 0.1) is 5.92 Å². The van der Waals surface area contributed by atoms with Gasteiger partial charge in [0.1, 0.15) is 0 Å². The van der Waals surface area contributed by atoms with Crippen molar-refractivity contribution in [2.45, 2.75) is 20.0 Å². The zero-order valence-electron chi connectivity index (χ0n) is 7.92. The highest BCUT2D eigenvalue weighted by molar-refractivity contribution is 6.00. The monoisotopic (exact) mass is 226 g/mol. The molecule has 0 aromatic heterocycles. The number of hydrogen-bond donors (Lipinski definition) is 2. The maximum atomic E-state index is 12.2. The van der Waals surface area contributed by atoms with Crippen molar-refractivity contribution in [2.24, 2.45) is 5.92 Å². The first-order chi connectivity index (χ1) is 6.59. The van der Waals surface area contributed by atoms with Crippen LogP contribution in [-0.2, 0) is 9.59 Å². The number of hydrogen-bond acceptors (Lipinski definition) is 2. The lowest BCUT2D eigenvalue weighted by Crippen LogP contribution is -2.26. The van der Waals surface area contributed by atoms with Gasteiger partial charge < -0.3 is 10.2 Å². The summed E-state index contributed by atoms with van der Waals surface area (Å²) in [7, 11) is 0. The van der Waals surface area contributed by atoms with Gasteiger partial charge in [-0.25, -0.2) is 9.59 Å². The average molecular weight is 226 g/mol. The Balaban J connectivity index is 5.81. The second-order valence-electron chi connectivity index (χ2n) is 3.05. The third-order valence-corrected chi connectivity index (χ3v) is 1.57. The van der Waals surface area contributed by atoms with E-state index in [4.69, 9.17) is 10.2 Å². The molecule has 4 nitrogen and oxygen atoms in total. The third kappa shape index (κ3) is 3.26. The van der Waals surface area contributed by atoms with Gasteiger partial charge >= 0.3 is 18.1 Å². The first-order valence-electron chi connectivity index (χ1n) is 3.87. The van der Waals surface area contributed by atoms with E-state index in [-0.39, 0.29) is 0 Å². The third-order valence-electron chi connectivity index (χ3n) is 1.57. The number of rotatable bonds is 3. The minimum Gasteiger partial charge on any atom is -0.478 e. The van der Waals surface area contributed by atoms with Crippen molar-refractivity contribution in [3.05, 3.63) is 11.1 Å². The highest BCUT2D eigenvalue weighted by Gasteiger charge is 2.43. The van der Waals surface area contributed by atoms with Gasteiger partial charge in [0.05, 0.1) is 5.57 Å². The van der Waals surface area contributed by atoms with E-state index in [0.29, 0.717) is 0 Å². The van der Waals surface area contributed by atoms with E-state index in [2.05, 4.69) is 0 Å². The lowest BCUT2D eigenvalue weighted by Gasteiger charge is -2.14. The highest BCUT2D eigenvalue weighted by atomic mass is 19.4. The minimum atomic E-state index is -5.18. The van der Waals surface area contributed by atoms with Crippen LogP contribution in [0.2, 0.25) is 0 Å². The molecule has 0 aliphatic heterocycles. The van der Waals surface area contributed by atoms with E-state index < -0.39 is 35.2 Å². The molecule has 0 amide bonds. The van der Waals surface area contributed by atoms with Crippen LogP contribution in [0.4, 0.5) is 13.2 Å². The molecule has 0 unspecified atom stereocenters. The Labute approximate surface area is 83.0 Å². The summed E-state index contributed by atoms with van der Waals surface area (Å²) in [6.07, 6.45) is -5.18. The minimum absolute atomic E-state index is 1.03. The maximum Gasteiger partial charge on any atom is 0.423 e. The molecule has 0 aromatic rings. The number of aliphatic carboxylic acids is 2. The molecule has 0 bridgehead atoms. The SMILES string of the molecule is CC(C)C(C(=O)O)=C(C(=O)O)C(F)(F)F. The number of halogens is 3. The van der Waals surface area contributed by atoms with Gasteiger partial charge in [-0.15, -0.1) is 0 Å². The van der Waals surface area contributed by atoms with Gasteiger partial charge in [0.25, 0.3) is 0 Å². The van der Waals surface area contributed by atoms with Crippen LogP contribution in [0.1, 0.15) is 13.8 Å². The quantitative estimate of drug-likeness (QED) is 0.718. The molecule has 15 heavy (non-hydrogen) atoms. The van der Waals surface area contributed by atoms with E-state index >= 15 is 0 Å². The summed E-state index contributed by atoms with van der Waals surface area (Å²) in [5.74, 6) is -5.19. The molecular weight excluding hydrogens is 217 g/mol. The number of carbonyl (C=O) groups is 2. The van der Waals surface area contributed by atoms with Crippen molar-refractivity contribution < 1.29 is 33.0 Å². The molecule has 0 heterocycles. The van der Waals surface area contributed by atoms with Crippen molar-refractivity contribution in [3.8, 4) is 0 Å². The molecule has 0 atom stereocenters. The standard InChI is InChI=1S/C8H9F3O4/c1-3(2)4(6(12)13)5(7(14)15)8(9,10)11/h3H,1-2H3,(H,12,13)(H,14,15). The fourth-order valence-electron chi connectivity index (χ4n) is 1.03. The molecule has 0 saturated carbocycles. The Morgan fingerprint density at radius 2 is 1.47 bits per heavy atom. The van der Waals surface area contributed by atoms with Crippen LogP contribution in [0.3, 0.4) is 0 Å². The summed E-state index contributed by atoms with van der Waals surface area (Å²) in [5, 5.41) is 16.8. The zero-order valence-corrected chi connectivity index (χ0v) is 7.92. The molecule has 0 fully saturated rings. The topological polar surface area (TPSA) is 74.6 Å². The fourth-order valence-corrected chi connectivity index (χ4v) is 1.03. The molecule has 0 aliphatic rings. The maximum absolute atomic E-state index is 12.2. The summed E-state index contributed by atoms with van der Waals surface area (Å²) in [6, 6.07) is 0. The van der Waals surface area contributed by atoms with Gasteiger partial charge in [-0.1, -0.05) is 13.8 Å². The molecule has 86 valence electrons. The summed E-state index contributed by atoms with van der Waals surface area (Å²) >= 11 is 0. The molecule has 0 saturated heterocycles. The van der Waals surface area contributed by atoms with Crippen LogP contribution in [-0.4, -0.2) is 28.3 Å². The van der Waals surface area contributed by atoms with Gasteiger partial charge in [0, 0.05) is 0 Å². The van der Waals surface area contributed by atoms with Crippen LogP contribution < -0.4 is 0 Å². The predicted octanol–water partition coefficient (Wildman–Crippen LogP) is 1.67. The van der Waals surface area contributed by atoms with Gasteiger partial charge in [-0.3, -0.25) is 0 Å². The summed E-state index contributed by atoms with van der Waals surface area (Å²) < 4.78 is 36.7. The average Bonchev–Trinajstić information content (AvgIpc) is 1.94. The van der Waals surface area contributed by atoms with Gasteiger partial charge in [-0.2, -0.15) is 13.2 Å². The molecule has 0 aromatic carbocycles. The van der Waals surface area contributed by atoms with Crippen LogP contribution in [0.25, 0.3) is 0 Å². The first-order valence-corrected chi connectivity index (χ1v) is 3.87. The highest BCUT2D eigenvalue weighted by Crippen LogP contribution is 2.31. The Kier molecular flexibility index (Phi) is 3.89. The van der Waals surface area contributed by atoms with Crippen LogP contribution >= 0.6 is 0 Å². The second kappa shape index (κ2) is 4.33. The molecule has 0 rings (SSSR count). The predicted molar refractivity (Wildman–Crippen MR) is 43.2 cm³/mol. The Hall–Kier alpha value is -1.53. The molecule has 0 aliphatic carbocycles. The van der Waals surface area contributed by atoms with E-state index in [9.17, 15) is 22.8 Å². The largest absolute Gasteiger partial charge is 0.478 e. The summed E-state index contributed by atoms with van der Waals surface area (Å²) in [5.41, 5.74) is -3.17. The molecule has 0 spiro atoms. The van der Waals surface area contributed by atoms with Crippen molar-refractivity contribution in [3.63, 3.8) is 0 Å². The smallest absolute Gasteiger partial charge is 0.423 e. The van der Waals surface area contributed by atoms with Crippen molar-refractivity contribution in [1.29, 1.82) is 0 Å². The summed E-state index contributed by atoms with van der Waals surface area (Å²) in [6.45, 7) is 2.36. The Bertz CT molecular complexity index is 314. The second-order valence-corrected chi connectivity index (χ2v) is 3.05. The molecule has 7 heteroatoms. The normalized spacial score (nSPS) is 13.7. The Morgan fingerprint density at radius 3 is 1.53 bits per heavy atom. The van der Waals surface area contributed by atoms with Crippen molar-refractivity contribution in [2.75, 3.05) is 0 Å². The number of alkyl halides is 3. The van der Waals surface area contributed by atoms with E-state index in [1.807, 2.05) is 0 Å². The van der Waals surface area contributed by atoms with Crippen LogP contribution in [0.15, 0.2) is 11.1 Å². The lowest BCUT2D eigenvalue weighted by molar-refractivity contribution is -0.147. The van der Waals surface area contributed by atoms with Gasteiger partial charge in [0.15, 0.2) is 5.57 Å². The van der Waals surface area contributed by atoms with E-state index in [0.717, 1.165) is 0 Å². The van der Waals surface area contributed by atoms with Gasteiger partial charge in [0.2, 0.25) is 0 Å². The lowest BCUT2D eigenvalue weighted by atomic mass is 9.97. The molecule has 2 N–H and O–H groups in total. The van der Waals surface area contributed by atoms with Gasteiger partial charge in [-0.05, 0) is 5.92 Å². The first kappa shape index (κ1) is 13.5. The molecular formula is C8H9F3O4. The zero-order chi connectivity index (χ0) is 12.4. The Morgan fingerprint density at radius 1 is 1.07 bits per heavy atom. The van der Waals surface area contributed by atoms with Crippen LogP contribution in [0.5, 0.6) is 0 Å². The van der Waals surface area contributed by atoms with E-state index in [1.54, 1.807) is 0 Å². The molecule has 0 radical (unpaired) electrons. The van der Waals surface area contributed by atoms with E-state index in [1.165, 1.54) is 13.8 Å². The number of carboxylic acid groups (broad SMARTS) is 2. The van der Waals surface area contributed by atoms with Crippen molar-refractivity contribution >= 4 is 11.9 Å².